The van der Waals surface area contributed by atoms with Crippen LogP contribution in [0.25, 0.3) is 0 Å². The second-order valence-electron chi connectivity index (χ2n) is 5.11. The number of nitrogens with zero attached hydrogens (tertiary/aromatic N) is 1. The summed E-state index contributed by atoms with van der Waals surface area (Å²) in [6.07, 6.45) is 1.27. The van der Waals surface area contributed by atoms with E-state index in [-0.39, 0.29) is 17.9 Å². The van der Waals surface area contributed by atoms with Gasteiger partial charge < -0.3 is 20.5 Å². The van der Waals surface area contributed by atoms with E-state index in [4.69, 9.17) is 10.00 Å². The molecule has 0 atom stereocenters. The van der Waals surface area contributed by atoms with Crippen LogP contribution in [0.15, 0.2) is 60.3 Å². The molecule has 2 aromatic rings. The Labute approximate surface area is 150 Å². The first-order valence-corrected chi connectivity index (χ1v) is 7.78. The van der Waals surface area contributed by atoms with Gasteiger partial charge in [-0.05, 0) is 55.5 Å². The van der Waals surface area contributed by atoms with Gasteiger partial charge >= 0.3 is 5.97 Å². The number of aromatic hydroxyl groups is 1. The van der Waals surface area contributed by atoms with E-state index >= 15 is 0 Å². The van der Waals surface area contributed by atoms with Crippen molar-refractivity contribution in [2.75, 3.05) is 17.2 Å². The molecule has 3 N–H and O–H groups in total. The van der Waals surface area contributed by atoms with Gasteiger partial charge in [-0.2, -0.15) is 5.26 Å². The average molecular weight is 351 g/mol. The van der Waals surface area contributed by atoms with Crippen LogP contribution in [0, 0.1) is 11.3 Å². The Balaban J connectivity index is 2.02. The van der Waals surface area contributed by atoms with E-state index in [1.54, 1.807) is 31.2 Å². The lowest BCUT2D eigenvalue weighted by molar-refractivity contribution is -0.112. The van der Waals surface area contributed by atoms with Crippen molar-refractivity contribution in [2.45, 2.75) is 6.92 Å². The minimum atomic E-state index is -0.595. The smallest absolute Gasteiger partial charge is 0.338 e. The maximum atomic E-state index is 12.2. The molecule has 0 radical (unpaired) electrons. The van der Waals surface area contributed by atoms with Gasteiger partial charge in [-0.3, -0.25) is 4.79 Å². The highest BCUT2D eigenvalue weighted by atomic mass is 16.5. The number of hydrogen-bond acceptors (Lipinski definition) is 6. The number of phenolic OH excluding ortho intramolecular Hbond substituents is 1. The van der Waals surface area contributed by atoms with Gasteiger partial charge in [0, 0.05) is 17.6 Å². The monoisotopic (exact) mass is 351 g/mol. The van der Waals surface area contributed by atoms with Crippen molar-refractivity contribution in [1.82, 2.24) is 0 Å². The van der Waals surface area contributed by atoms with Crippen LogP contribution in [-0.4, -0.2) is 23.6 Å². The van der Waals surface area contributed by atoms with Crippen molar-refractivity contribution >= 4 is 23.3 Å². The highest BCUT2D eigenvalue weighted by Gasteiger charge is 2.11. The molecule has 1 amide bonds. The lowest BCUT2D eigenvalue weighted by atomic mass is 10.2. The van der Waals surface area contributed by atoms with Crippen molar-refractivity contribution in [3.8, 4) is 11.8 Å². The summed E-state index contributed by atoms with van der Waals surface area (Å²) in [5, 5.41) is 23.8. The Morgan fingerprint density at radius 1 is 1.12 bits per heavy atom. The van der Waals surface area contributed by atoms with Gasteiger partial charge in [0.2, 0.25) is 0 Å². The molecular weight excluding hydrogens is 334 g/mol. The molecule has 0 aliphatic rings. The number of esters is 1. The van der Waals surface area contributed by atoms with E-state index in [0.29, 0.717) is 16.9 Å². The summed E-state index contributed by atoms with van der Waals surface area (Å²) in [7, 11) is 0. The Kier molecular flexibility index (Phi) is 6.34. The molecule has 132 valence electrons. The number of carbonyl (C=O) groups is 2. The molecule has 26 heavy (non-hydrogen) atoms. The van der Waals surface area contributed by atoms with Crippen molar-refractivity contribution < 1.29 is 19.4 Å². The number of nitrogens with one attached hydrogen (secondary N) is 2. The van der Waals surface area contributed by atoms with Crippen LogP contribution < -0.4 is 10.6 Å². The van der Waals surface area contributed by atoms with Crippen molar-refractivity contribution in [2.24, 2.45) is 0 Å². The van der Waals surface area contributed by atoms with Crippen LogP contribution in [0.5, 0.6) is 5.75 Å². The normalized spacial score (nSPS) is 10.5. The highest BCUT2D eigenvalue weighted by Crippen LogP contribution is 2.15. The maximum Gasteiger partial charge on any atom is 0.338 e. The summed E-state index contributed by atoms with van der Waals surface area (Å²) in [6, 6.07) is 14.1. The van der Waals surface area contributed by atoms with Gasteiger partial charge in [-0.25, -0.2) is 4.79 Å². The quantitative estimate of drug-likeness (QED) is 0.319. The minimum absolute atomic E-state index is 0.115. The molecule has 0 heterocycles. The largest absolute Gasteiger partial charge is 0.508 e. The summed E-state index contributed by atoms with van der Waals surface area (Å²) < 4.78 is 4.88. The Bertz CT molecular complexity index is 850. The molecule has 2 rings (SSSR count). The number of amides is 1. The molecule has 0 aliphatic carbocycles. The number of benzene rings is 2. The number of ether oxygens (including phenoxy) is 1. The van der Waals surface area contributed by atoms with Crippen LogP contribution in [0.2, 0.25) is 0 Å². The van der Waals surface area contributed by atoms with Crippen LogP contribution in [0.3, 0.4) is 0 Å². The molecule has 7 heteroatoms. The van der Waals surface area contributed by atoms with E-state index in [1.165, 1.54) is 30.5 Å². The molecule has 0 spiro atoms. The summed E-state index contributed by atoms with van der Waals surface area (Å²) in [5.41, 5.74) is 1.29. The molecule has 0 aliphatic heterocycles. The van der Waals surface area contributed by atoms with Crippen molar-refractivity contribution in [3.05, 3.63) is 65.9 Å². The third kappa shape index (κ3) is 5.11. The molecule has 7 nitrogen and oxygen atoms in total. The van der Waals surface area contributed by atoms with E-state index in [0.717, 1.165) is 0 Å². The third-order valence-electron chi connectivity index (χ3n) is 3.27. The summed E-state index contributed by atoms with van der Waals surface area (Å²) in [6.45, 7) is 2.00. The van der Waals surface area contributed by atoms with Crippen LogP contribution >= 0.6 is 0 Å². The predicted molar refractivity (Wildman–Crippen MR) is 96.5 cm³/mol. The van der Waals surface area contributed by atoms with Gasteiger partial charge in [0.15, 0.2) is 0 Å². The highest BCUT2D eigenvalue weighted by molar-refractivity contribution is 6.06. The topological polar surface area (TPSA) is 111 Å². The van der Waals surface area contributed by atoms with Gasteiger partial charge in [-0.1, -0.05) is 0 Å². The van der Waals surface area contributed by atoms with Gasteiger partial charge in [0.25, 0.3) is 5.91 Å². The van der Waals surface area contributed by atoms with E-state index < -0.39 is 11.9 Å². The first-order chi connectivity index (χ1) is 12.5. The molecule has 0 unspecified atom stereocenters. The fraction of sp³-hybridized carbons (Fsp3) is 0.105. The zero-order valence-electron chi connectivity index (χ0n) is 14.0. The average Bonchev–Trinajstić information content (AvgIpc) is 2.64. The molecule has 0 bridgehead atoms. The minimum Gasteiger partial charge on any atom is -0.508 e. The number of rotatable bonds is 6. The molecule has 0 aromatic heterocycles. The lowest BCUT2D eigenvalue weighted by Gasteiger charge is -2.06. The van der Waals surface area contributed by atoms with Gasteiger partial charge in [0.05, 0.1) is 12.2 Å². The zero-order valence-corrected chi connectivity index (χ0v) is 14.0. The summed E-state index contributed by atoms with van der Waals surface area (Å²) in [5.74, 6) is -0.923. The molecule has 2 aromatic carbocycles. The second kappa shape index (κ2) is 8.89. The lowest BCUT2D eigenvalue weighted by Crippen LogP contribution is -2.14. The number of carbonyl (C=O) groups excluding carboxylic acids is 2. The maximum absolute atomic E-state index is 12.2. The standard InChI is InChI=1S/C19H17N3O4/c1-2-26-19(25)13-3-5-16(6-4-13)22-18(24)14(11-20)12-21-15-7-9-17(23)10-8-15/h3-10,12,21,23H,2H2,1H3,(H,22,24)/b14-12-. The van der Waals surface area contributed by atoms with Crippen LogP contribution in [-0.2, 0) is 9.53 Å². The van der Waals surface area contributed by atoms with Crippen LogP contribution in [0.1, 0.15) is 17.3 Å². The molecule has 0 fully saturated rings. The molecule has 0 saturated heterocycles. The van der Waals surface area contributed by atoms with Crippen LogP contribution in [0.4, 0.5) is 11.4 Å². The number of nitriles is 1. The Morgan fingerprint density at radius 3 is 2.31 bits per heavy atom. The zero-order chi connectivity index (χ0) is 18.9. The summed E-state index contributed by atoms with van der Waals surface area (Å²) in [4.78, 5) is 23.8. The molecular formula is C19H17N3O4. The van der Waals surface area contributed by atoms with Crippen molar-refractivity contribution in [1.29, 1.82) is 5.26 Å². The fourth-order valence-corrected chi connectivity index (χ4v) is 1.96. The van der Waals surface area contributed by atoms with E-state index in [1.807, 2.05) is 6.07 Å². The van der Waals surface area contributed by atoms with Crippen molar-refractivity contribution in [3.63, 3.8) is 0 Å². The number of hydrogen-bond donors (Lipinski definition) is 3. The second-order valence-corrected chi connectivity index (χ2v) is 5.11. The SMILES string of the molecule is CCOC(=O)c1ccc(NC(=O)/C(C#N)=C\Nc2ccc(O)cc2)cc1. The van der Waals surface area contributed by atoms with Gasteiger partial charge in [-0.15, -0.1) is 0 Å². The Morgan fingerprint density at radius 2 is 1.73 bits per heavy atom. The number of phenols is 1. The van der Waals surface area contributed by atoms with E-state index in [2.05, 4.69) is 10.6 Å². The summed E-state index contributed by atoms with van der Waals surface area (Å²) >= 11 is 0. The predicted octanol–water partition coefficient (Wildman–Crippen LogP) is 3.03. The first-order valence-electron chi connectivity index (χ1n) is 7.78. The first kappa shape index (κ1) is 18.5. The van der Waals surface area contributed by atoms with E-state index in [9.17, 15) is 14.7 Å². The number of anilines is 2. The molecule has 0 saturated carbocycles. The van der Waals surface area contributed by atoms with Gasteiger partial charge in [0.1, 0.15) is 17.4 Å². The third-order valence-corrected chi connectivity index (χ3v) is 3.27. The fourth-order valence-electron chi connectivity index (χ4n) is 1.96. The Hall–Kier alpha value is -3.79.